The molecule has 0 spiro atoms. The fourth-order valence-electron chi connectivity index (χ4n) is 18.8. The smallest absolute Gasteiger partial charge is 0.194 e. The zero-order chi connectivity index (χ0) is 98.3. The summed E-state index contributed by atoms with van der Waals surface area (Å²) in [6, 6.07) is -8.81. The molecule has 1 nitrogen and oxygen atoms in total. The molecule has 764 valence electrons. The lowest BCUT2D eigenvalue weighted by atomic mass is 9.12. The van der Waals surface area contributed by atoms with Crippen LogP contribution in [0.1, 0.15) is 471 Å². The third kappa shape index (κ3) is 49.1. The highest BCUT2D eigenvalue weighted by Gasteiger charge is 2.48. The molecule has 0 bridgehead atoms. The van der Waals surface area contributed by atoms with E-state index in [1.54, 1.807) is 0 Å². The van der Waals surface area contributed by atoms with Crippen molar-refractivity contribution in [2.45, 2.75) is 476 Å². The lowest BCUT2D eigenvalue weighted by Crippen LogP contribution is -2.75. The van der Waals surface area contributed by atoms with Crippen LogP contribution in [0.15, 0.2) is 72.8 Å². The average molecular weight is 1960 g/mol. The summed E-state index contributed by atoms with van der Waals surface area (Å²) in [6.45, 7) is 14.2. The van der Waals surface area contributed by atoms with Crippen molar-refractivity contribution in [2.75, 3.05) is 37.0 Å². The van der Waals surface area contributed by atoms with Gasteiger partial charge in [-0.3, -0.25) is 0 Å². The molecule has 0 aromatic heterocycles. The van der Waals surface area contributed by atoms with Crippen LogP contribution in [0.5, 0.6) is 0 Å². The maximum absolute atomic E-state index is 14.2. The second-order valence-corrected chi connectivity index (χ2v) is 45.7. The van der Waals surface area contributed by atoms with Crippen LogP contribution in [-0.2, 0) is 49.4 Å². The molecule has 0 saturated heterocycles. The zero-order valence-corrected chi connectivity index (χ0v) is 82.4. The molecule has 4 rings (SSSR count). The van der Waals surface area contributed by atoms with Crippen molar-refractivity contribution in [3.63, 3.8) is 0 Å². The second-order valence-electron chi connectivity index (χ2n) is 37.9. The molecule has 0 aliphatic rings. The lowest BCUT2D eigenvalue weighted by Gasteiger charge is -2.46. The number of hydrogen-bond donors (Lipinski definition) is 0. The fraction of sp³-hybridized carbons (Fsp3) is 0.769. The quantitative estimate of drug-likeness (QED) is 0.0138. The number of nitrogens with zero attached hydrogens (tertiary/aromatic N) is 1. The predicted molar refractivity (Wildman–Crippen MR) is 506 cm³/mol. The van der Waals surface area contributed by atoms with Gasteiger partial charge in [0.2, 0.25) is 14.1 Å². The van der Waals surface area contributed by atoms with Crippen molar-refractivity contribution in [2.24, 2.45) is 0 Å². The van der Waals surface area contributed by atoms with Crippen LogP contribution in [0.2, 0.25) is 0 Å². The molecule has 4 aromatic carbocycles. The van der Waals surface area contributed by atoms with Gasteiger partial charge in [0.05, 0.1) is 44.5 Å². The molecule has 0 fully saturated rings. The first-order valence-electron chi connectivity index (χ1n) is 51.2. The van der Waals surface area contributed by atoms with E-state index in [1.165, 1.54) is 422 Å². The van der Waals surface area contributed by atoms with E-state index in [2.05, 4.69) is 41.5 Å². The van der Waals surface area contributed by atoms with Crippen LogP contribution < -0.4 is 26.0 Å². The van der Waals surface area contributed by atoms with E-state index < -0.39 is 209 Å². The normalized spacial score (nSPS) is 13.1. The summed E-state index contributed by atoms with van der Waals surface area (Å²) in [5, 5.41) is 0. The second kappa shape index (κ2) is 64.2. The molecule has 4 aromatic rings. The van der Waals surface area contributed by atoms with Gasteiger partial charge in [0.1, 0.15) is 6.15 Å². The molecule has 0 radical (unpaired) electrons. The summed E-state index contributed by atoms with van der Waals surface area (Å²) in [5.41, 5.74) is -30.2. The number of unbranched alkanes of at least 4 members (excludes halogenated alkanes) is 54. The molecular formula is C104H162BF24NP2. The van der Waals surface area contributed by atoms with Gasteiger partial charge in [-0.25, -0.2) is 0 Å². The molecule has 0 N–H and O–H groups in total. The van der Waals surface area contributed by atoms with E-state index >= 15 is 0 Å². The van der Waals surface area contributed by atoms with Gasteiger partial charge in [-0.05, 0) is 62.8 Å². The lowest BCUT2D eigenvalue weighted by molar-refractivity contribution is -0.144. The van der Waals surface area contributed by atoms with Crippen LogP contribution in [-0.4, -0.2) is 43.1 Å². The Morgan fingerprint density at radius 1 is 0.159 bits per heavy atom. The van der Waals surface area contributed by atoms with Crippen LogP contribution >= 0.6 is 14.1 Å². The zero-order valence-electron chi connectivity index (χ0n) is 80.6. The van der Waals surface area contributed by atoms with Crippen LogP contribution in [0, 0.1) is 0 Å². The van der Waals surface area contributed by atoms with Crippen molar-refractivity contribution in [1.29, 1.82) is 0 Å². The van der Waals surface area contributed by atoms with E-state index in [0.717, 1.165) is 0 Å². The Kier molecular flexibility index (Phi) is 59.4. The Bertz CT molecular complexity index is 3150. The molecule has 0 saturated carbocycles. The Hall–Kier alpha value is -4.17. The SMILES string of the molecule is CCCCCCCCCCCCP(CCCCCCCCCCCC)(CCCCCCCCCCCC)=[N+]=P(CCCCCCCCCCCC)(CCCCCCCCCCCC)CCCCCCCCCCCC.FC(F)(F)c1cc([B-](c2cc(C(F)(F)F)cc(C(F)(F)F)c2)(c2cc(C(F)(F)F)cc(C(F)(F)F)c2)c2cc(C(F)(F)F)cc(C(F)(F)F)c2)cc(C(F)(F)F)c1. The summed E-state index contributed by atoms with van der Waals surface area (Å²) in [4.78, 5) is 0. The van der Waals surface area contributed by atoms with Crippen LogP contribution in [0.25, 0.3) is 0 Å². The van der Waals surface area contributed by atoms with Gasteiger partial charge in [-0.2, -0.15) is 131 Å². The van der Waals surface area contributed by atoms with Crippen molar-refractivity contribution in [3.8, 4) is 0 Å². The summed E-state index contributed by atoms with van der Waals surface area (Å²) in [5.74, 6) is 0. The van der Waals surface area contributed by atoms with Gasteiger partial charge >= 0.3 is 49.4 Å². The first-order valence-corrected chi connectivity index (χ1v) is 55.8. The summed E-state index contributed by atoms with van der Waals surface area (Å²) in [7, 11) is -2.81. The Balaban J connectivity index is 0.000000703. The van der Waals surface area contributed by atoms with Crippen LogP contribution in [0.3, 0.4) is 0 Å². The van der Waals surface area contributed by atoms with Crippen molar-refractivity contribution >= 4 is 42.1 Å². The first-order chi connectivity index (χ1) is 62.3. The highest BCUT2D eigenvalue weighted by atomic mass is 31.2. The summed E-state index contributed by atoms with van der Waals surface area (Å²) < 4.78 is 348. The number of hydrogen-bond acceptors (Lipinski definition) is 0. The number of alkyl halides is 24. The topological polar surface area (TPSA) is 14.1 Å². The molecule has 0 amide bonds. The molecule has 0 atom stereocenters. The van der Waals surface area contributed by atoms with E-state index in [9.17, 15) is 105 Å². The van der Waals surface area contributed by atoms with Gasteiger partial charge in [-0.1, -0.05) is 437 Å². The number of rotatable bonds is 70. The van der Waals surface area contributed by atoms with Gasteiger partial charge in [0, 0.05) is 37.0 Å². The first kappa shape index (κ1) is 122. The molecular weight excluding hydrogens is 1790 g/mol. The Morgan fingerprint density at radius 3 is 0.356 bits per heavy atom. The molecule has 0 heterocycles. The van der Waals surface area contributed by atoms with Gasteiger partial charge in [-0.15, -0.1) is 0 Å². The van der Waals surface area contributed by atoms with Gasteiger partial charge in [0.15, 0.2) is 0 Å². The van der Waals surface area contributed by atoms with E-state index in [-0.39, 0.29) is 0 Å². The molecule has 132 heavy (non-hydrogen) atoms. The molecule has 0 aliphatic carbocycles. The van der Waals surface area contributed by atoms with Crippen molar-refractivity contribution < 1.29 is 105 Å². The van der Waals surface area contributed by atoms with Gasteiger partial charge in [0.25, 0.3) is 0 Å². The number of benzene rings is 4. The highest BCUT2D eigenvalue weighted by Crippen LogP contribution is 2.57. The maximum Gasteiger partial charge on any atom is 0.416 e. The molecule has 0 unspecified atom stereocenters. The van der Waals surface area contributed by atoms with E-state index in [1.807, 2.05) is 0 Å². The molecule has 0 aliphatic heterocycles. The minimum atomic E-state index is -6.13. The molecule has 28 heteroatoms. The largest absolute Gasteiger partial charge is 0.416 e. The predicted octanol–water partition coefficient (Wildman–Crippen LogP) is 39.2. The minimum Gasteiger partial charge on any atom is -0.194 e. The van der Waals surface area contributed by atoms with Crippen molar-refractivity contribution in [3.05, 3.63) is 117 Å². The highest BCUT2D eigenvalue weighted by molar-refractivity contribution is 7.73. The van der Waals surface area contributed by atoms with E-state index in [4.69, 9.17) is 4.17 Å². The van der Waals surface area contributed by atoms with Crippen LogP contribution in [0.4, 0.5) is 105 Å². The van der Waals surface area contributed by atoms with Gasteiger partial charge < -0.3 is 0 Å². The maximum atomic E-state index is 14.2. The third-order valence-corrected chi connectivity index (χ3v) is 36.3. The number of halogens is 24. The fourth-order valence-corrected chi connectivity index (χ4v) is 30.4. The average Bonchev–Trinajstić information content (AvgIpc) is 0.706. The monoisotopic (exact) mass is 1950 g/mol. The third-order valence-electron chi connectivity index (χ3n) is 26.4. The summed E-state index contributed by atoms with van der Waals surface area (Å²) in [6.07, 6.45) is 42.4. The standard InChI is InChI=1S/C72H150NP2.C32H12BF24/c1-7-13-19-25-31-37-43-49-55-61-67-74(68-62-56-50-44-38-32-26-20-14-8-2,69-63-57-51-45-39-33-27-21-15-9-3)73-75(70-64-58-52-46-40-34-28-22-16-10-4,71-65-59-53-47-41-35-29-23-17-11-5)72-66-60-54-48-42-36-30-24-18-12-6;34-25(35,36)13-1-14(26(37,38)39)6-21(5-13)33(22-7-15(27(40,41)42)2-16(8-22)28(43,44)45,23-9-17(29(46,47)48)3-18(10-23)30(49,50)51)24-11-19(31(52,53)54)4-20(12-24)32(55,56)57/h7-72H2,1-6H3;1-12H/q+1;-1. The Labute approximate surface area is 778 Å². The summed E-state index contributed by atoms with van der Waals surface area (Å²) >= 11 is 0. The Morgan fingerprint density at radius 2 is 0.258 bits per heavy atom. The minimum absolute atomic E-state index is 0.691. The van der Waals surface area contributed by atoms with E-state index in [0.29, 0.717) is 0 Å². The van der Waals surface area contributed by atoms with Crippen molar-refractivity contribution in [1.82, 2.24) is 4.17 Å².